The van der Waals surface area contributed by atoms with E-state index in [1.165, 1.54) is 0 Å². The minimum Gasteiger partial charge on any atom is -0.394 e. The summed E-state index contributed by atoms with van der Waals surface area (Å²) in [4.78, 5) is 2.35. The van der Waals surface area contributed by atoms with E-state index < -0.39 is 0 Å². The van der Waals surface area contributed by atoms with Crippen molar-refractivity contribution in [1.29, 1.82) is 0 Å². The van der Waals surface area contributed by atoms with Crippen molar-refractivity contribution in [3.63, 3.8) is 0 Å². The summed E-state index contributed by atoms with van der Waals surface area (Å²) in [5.41, 5.74) is 2.29. The maximum atomic E-state index is 9.66. The van der Waals surface area contributed by atoms with Crippen molar-refractivity contribution in [2.75, 3.05) is 32.8 Å². The third-order valence-corrected chi connectivity index (χ3v) is 3.62. The third-order valence-electron chi connectivity index (χ3n) is 3.62. The zero-order valence-electron chi connectivity index (χ0n) is 10.7. The molecule has 0 spiro atoms. The molecule has 1 aromatic rings. The molecule has 5 heteroatoms. The largest absolute Gasteiger partial charge is 0.394 e. The molecular weight excluding hydrogens is 216 g/mol. The van der Waals surface area contributed by atoms with Gasteiger partial charge in [0.2, 0.25) is 0 Å². The average molecular weight is 238 g/mol. The molecule has 0 aromatic carbocycles. The van der Waals surface area contributed by atoms with Crippen molar-refractivity contribution in [1.82, 2.24) is 20.0 Å². The lowest BCUT2D eigenvalue weighted by Crippen LogP contribution is -2.34. The molecule has 17 heavy (non-hydrogen) atoms. The molecule has 1 saturated heterocycles. The molecule has 1 aromatic heterocycles. The van der Waals surface area contributed by atoms with Gasteiger partial charge in [-0.05, 0) is 19.9 Å². The zero-order valence-corrected chi connectivity index (χ0v) is 10.7. The summed E-state index contributed by atoms with van der Waals surface area (Å²) in [5, 5.41) is 17.3. The highest BCUT2D eigenvalue weighted by molar-refractivity contribution is 5.20. The lowest BCUT2D eigenvalue weighted by atomic mass is 10.1. The van der Waals surface area contributed by atoms with Gasteiger partial charge in [0.15, 0.2) is 0 Å². The number of aliphatic hydroxyl groups excluding tert-OH is 1. The number of nitrogens with one attached hydrogen (secondary N) is 1. The predicted molar refractivity (Wildman–Crippen MR) is 66.8 cm³/mol. The van der Waals surface area contributed by atoms with E-state index in [1.807, 2.05) is 17.9 Å². The van der Waals surface area contributed by atoms with Gasteiger partial charge in [0.1, 0.15) is 0 Å². The van der Waals surface area contributed by atoms with Crippen LogP contribution in [0, 0.1) is 6.92 Å². The van der Waals surface area contributed by atoms with Gasteiger partial charge in [-0.3, -0.25) is 9.58 Å². The summed E-state index contributed by atoms with van der Waals surface area (Å²) in [7, 11) is 1.94. The lowest BCUT2D eigenvalue weighted by Gasteiger charge is -2.28. The van der Waals surface area contributed by atoms with Crippen LogP contribution in [-0.2, 0) is 7.05 Å². The molecule has 2 heterocycles. The molecule has 1 atom stereocenters. The van der Waals surface area contributed by atoms with E-state index in [0.717, 1.165) is 43.9 Å². The van der Waals surface area contributed by atoms with Crippen LogP contribution in [0.2, 0.25) is 0 Å². The summed E-state index contributed by atoms with van der Waals surface area (Å²) in [5.74, 6) is 0. The molecule has 1 aliphatic rings. The fourth-order valence-corrected chi connectivity index (χ4v) is 2.43. The van der Waals surface area contributed by atoms with E-state index in [0.29, 0.717) is 0 Å². The molecule has 0 radical (unpaired) electrons. The normalized spacial score (nSPS) is 20.2. The molecule has 0 saturated carbocycles. The van der Waals surface area contributed by atoms with Crippen molar-refractivity contribution < 1.29 is 5.11 Å². The molecule has 1 aliphatic heterocycles. The van der Waals surface area contributed by atoms with E-state index in [-0.39, 0.29) is 12.6 Å². The number of nitrogens with zero attached hydrogens (tertiary/aromatic N) is 3. The number of aryl methyl sites for hydroxylation is 1. The molecule has 5 nitrogen and oxygen atoms in total. The van der Waals surface area contributed by atoms with Crippen LogP contribution in [0.4, 0.5) is 0 Å². The number of aromatic nitrogens is 2. The van der Waals surface area contributed by atoms with E-state index in [9.17, 15) is 5.11 Å². The zero-order chi connectivity index (χ0) is 12.3. The van der Waals surface area contributed by atoms with Crippen LogP contribution >= 0.6 is 0 Å². The Kier molecular flexibility index (Phi) is 4.15. The maximum absolute atomic E-state index is 9.66. The first kappa shape index (κ1) is 12.5. The SMILES string of the molecule is Cc1c(C(CO)N2CCCNCC2)cnn1C. The number of hydrogen-bond donors (Lipinski definition) is 2. The van der Waals surface area contributed by atoms with Crippen molar-refractivity contribution in [2.24, 2.45) is 7.05 Å². The van der Waals surface area contributed by atoms with Gasteiger partial charge < -0.3 is 10.4 Å². The molecule has 1 fully saturated rings. The first-order valence-corrected chi connectivity index (χ1v) is 6.28. The van der Waals surface area contributed by atoms with E-state index >= 15 is 0 Å². The second-order valence-corrected chi connectivity index (χ2v) is 4.65. The van der Waals surface area contributed by atoms with Crippen LogP contribution in [0.25, 0.3) is 0 Å². The standard InChI is InChI=1S/C12H22N4O/c1-10-11(8-14-15(10)2)12(9-17)16-6-3-4-13-5-7-16/h8,12-13,17H,3-7,9H2,1-2H3. The van der Waals surface area contributed by atoms with Crippen molar-refractivity contribution in [2.45, 2.75) is 19.4 Å². The fraction of sp³-hybridized carbons (Fsp3) is 0.750. The summed E-state index contributed by atoms with van der Waals surface area (Å²) >= 11 is 0. The molecule has 0 bridgehead atoms. The van der Waals surface area contributed by atoms with Crippen molar-refractivity contribution >= 4 is 0 Å². The van der Waals surface area contributed by atoms with Crippen LogP contribution in [0.1, 0.15) is 23.7 Å². The second-order valence-electron chi connectivity index (χ2n) is 4.65. The van der Waals surface area contributed by atoms with E-state index in [1.54, 1.807) is 0 Å². The Balaban J connectivity index is 2.17. The third kappa shape index (κ3) is 2.68. The summed E-state index contributed by atoms with van der Waals surface area (Å²) in [6.07, 6.45) is 3.02. The highest BCUT2D eigenvalue weighted by atomic mass is 16.3. The van der Waals surface area contributed by atoms with E-state index in [2.05, 4.69) is 22.2 Å². The maximum Gasteiger partial charge on any atom is 0.0629 e. The Hall–Kier alpha value is -0.910. The summed E-state index contributed by atoms with van der Waals surface area (Å²) in [6.45, 7) is 6.30. The van der Waals surface area contributed by atoms with Gasteiger partial charge in [0.25, 0.3) is 0 Å². The first-order chi connectivity index (χ1) is 8.24. The topological polar surface area (TPSA) is 53.3 Å². The Morgan fingerprint density at radius 1 is 1.47 bits per heavy atom. The average Bonchev–Trinajstić information content (AvgIpc) is 2.59. The monoisotopic (exact) mass is 238 g/mol. The molecule has 0 aliphatic carbocycles. The molecule has 2 rings (SSSR count). The van der Waals surface area contributed by atoms with Crippen LogP contribution in [0.15, 0.2) is 6.20 Å². The van der Waals surface area contributed by atoms with Crippen molar-refractivity contribution in [3.8, 4) is 0 Å². The summed E-state index contributed by atoms with van der Waals surface area (Å²) < 4.78 is 1.87. The van der Waals surface area contributed by atoms with Gasteiger partial charge in [-0.1, -0.05) is 0 Å². The molecule has 96 valence electrons. The molecular formula is C12H22N4O. The number of aliphatic hydroxyl groups is 1. The molecule has 2 N–H and O–H groups in total. The van der Waals surface area contributed by atoms with Gasteiger partial charge in [-0.2, -0.15) is 5.10 Å². The molecule has 1 unspecified atom stereocenters. The number of rotatable bonds is 3. The molecule has 0 amide bonds. The van der Waals surface area contributed by atoms with Crippen LogP contribution < -0.4 is 5.32 Å². The smallest absolute Gasteiger partial charge is 0.0629 e. The lowest BCUT2D eigenvalue weighted by molar-refractivity contribution is 0.129. The fourth-order valence-electron chi connectivity index (χ4n) is 2.43. The van der Waals surface area contributed by atoms with Crippen molar-refractivity contribution in [3.05, 3.63) is 17.5 Å². The Morgan fingerprint density at radius 3 is 2.94 bits per heavy atom. The Morgan fingerprint density at radius 2 is 2.29 bits per heavy atom. The van der Waals surface area contributed by atoms with Crippen LogP contribution in [0.3, 0.4) is 0 Å². The van der Waals surface area contributed by atoms with Gasteiger partial charge in [0, 0.05) is 37.9 Å². The Labute approximate surface area is 102 Å². The number of hydrogen-bond acceptors (Lipinski definition) is 4. The minimum atomic E-state index is 0.0867. The quantitative estimate of drug-likeness (QED) is 0.782. The predicted octanol–water partition coefficient (Wildman–Crippen LogP) is 0.0572. The highest BCUT2D eigenvalue weighted by Gasteiger charge is 2.23. The summed E-state index contributed by atoms with van der Waals surface area (Å²) in [6, 6.07) is 0.0867. The van der Waals surface area contributed by atoms with E-state index in [4.69, 9.17) is 0 Å². The van der Waals surface area contributed by atoms with Gasteiger partial charge >= 0.3 is 0 Å². The van der Waals surface area contributed by atoms with Gasteiger partial charge in [-0.15, -0.1) is 0 Å². The highest BCUT2D eigenvalue weighted by Crippen LogP contribution is 2.23. The minimum absolute atomic E-state index is 0.0867. The second kappa shape index (κ2) is 5.62. The van der Waals surface area contributed by atoms with Crippen LogP contribution in [-0.4, -0.2) is 52.6 Å². The Bertz CT molecular complexity index is 355. The van der Waals surface area contributed by atoms with Crippen LogP contribution in [0.5, 0.6) is 0 Å². The van der Waals surface area contributed by atoms with Gasteiger partial charge in [-0.25, -0.2) is 0 Å². The van der Waals surface area contributed by atoms with Gasteiger partial charge in [0.05, 0.1) is 18.8 Å². The first-order valence-electron chi connectivity index (χ1n) is 6.28.